The topological polar surface area (TPSA) is 79.1 Å². The van der Waals surface area contributed by atoms with Gasteiger partial charge in [-0.3, -0.25) is 0 Å². The largest absolute Gasteiger partial charge is 0.384 e. The van der Waals surface area contributed by atoms with Gasteiger partial charge in [-0.25, -0.2) is 4.99 Å². The zero-order valence-corrected chi connectivity index (χ0v) is 12.7. The minimum atomic E-state index is 0.431. The Labute approximate surface area is 133 Å². The van der Waals surface area contributed by atoms with Crippen LogP contribution < -0.4 is 11.1 Å². The zero-order chi connectivity index (χ0) is 15.7. The number of nitriles is 1. The molecule has 2 heterocycles. The molecule has 0 atom stereocenters. The van der Waals surface area contributed by atoms with Gasteiger partial charge in [-0.1, -0.05) is 17.7 Å². The van der Waals surface area contributed by atoms with Crippen molar-refractivity contribution < 1.29 is 0 Å². The van der Waals surface area contributed by atoms with Crippen LogP contribution in [0.2, 0.25) is 5.02 Å². The second-order valence-electron chi connectivity index (χ2n) is 5.00. The quantitative estimate of drug-likeness (QED) is 0.894. The molecule has 3 N–H and O–H groups in total. The highest BCUT2D eigenvalue weighted by Crippen LogP contribution is 2.25. The Hall–Kier alpha value is -2.71. The average Bonchev–Trinajstić information content (AvgIpc) is 2.94. The van der Waals surface area contributed by atoms with Crippen LogP contribution in [0.3, 0.4) is 0 Å². The van der Waals surface area contributed by atoms with Gasteiger partial charge in [0, 0.05) is 28.6 Å². The molecule has 0 spiro atoms. The van der Waals surface area contributed by atoms with Crippen molar-refractivity contribution in [3.8, 4) is 11.8 Å². The summed E-state index contributed by atoms with van der Waals surface area (Å²) in [5.41, 5.74) is 9.92. The first-order valence-corrected chi connectivity index (χ1v) is 7.11. The monoisotopic (exact) mass is 311 g/mol. The van der Waals surface area contributed by atoms with E-state index in [1.807, 2.05) is 42.0 Å². The van der Waals surface area contributed by atoms with Crippen LogP contribution in [0.25, 0.3) is 11.4 Å². The lowest BCUT2D eigenvalue weighted by Crippen LogP contribution is -2.23. The van der Waals surface area contributed by atoms with Crippen LogP contribution in [-0.4, -0.2) is 17.1 Å². The molecule has 1 aromatic carbocycles. The van der Waals surface area contributed by atoms with E-state index >= 15 is 0 Å². The van der Waals surface area contributed by atoms with E-state index in [1.54, 1.807) is 6.08 Å². The number of aliphatic imine (C=N–C) groups is 1. The summed E-state index contributed by atoms with van der Waals surface area (Å²) in [5.74, 6) is 0.471. The summed E-state index contributed by atoms with van der Waals surface area (Å²) in [7, 11) is 0. The summed E-state index contributed by atoms with van der Waals surface area (Å²) in [6.45, 7) is 2.41. The Morgan fingerprint density at radius 1 is 1.41 bits per heavy atom. The van der Waals surface area contributed by atoms with E-state index in [1.165, 1.54) is 0 Å². The number of amidine groups is 1. The minimum absolute atomic E-state index is 0.431. The van der Waals surface area contributed by atoms with Gasteiger partial charge in [0.1, 0.15) is 24.3 Å². The van der Waals surface area contributed by atoms with Crippen molar-refractivity contribution in [3.63, 3.8) is 0 Å². The number of aryl methyl sites for hydroxylation is 1. The molecule has 2 aromatic rings. The minimum Gasteiger partial charge on any atom is -0.384 e. The molecule has 6 heteroatoms. The summed E-state index contributed by atoms with van der Waals surface area (Å²) < 4.78 is 1.83. The fraction of sp³-hybridized carbons (Fsp3) is 0.125. The lowest BCUT2D eigenvalue weighted by molar-refractivity contribution is 0.890. The number of rotatable bonds is 2. The molecule has 0 saturated carbocycles. The average molecular weight is 312 g/mol. The molecule has 0 fully saturated rings. The van der Waals surface area contributed by atoms with Crippen LogP contribution in [0.4, 0.5) is 0 Å². The second kappa shape index (κ2) is 5.58. The van der Waals surface area contributed by atoms with Crippen molar-refractivity contribution in [2.75, 3.05) is 6.67 Å². The molecule has 0 aliphatic carbocycles. The Bertz CT molecular complexity index is 839. The van der Waals surface area contributed by atoms with Gasteiger partial charge in [0.05, 0.1) is 5.69 Å². The fourth-order valence-corrected chi connectivity index (χ4v) is 2.55. The molecule has 22 heavy (non-hydrogen) atoms. The van der Waals surface area contributed by atoms with Gasteiger partial charge in [0.15, 0.2) is 0 Å². The number of nitrogens with two attached hydrogens (primary N) is 1. The summed E-state index contributed by atoms with van der Waals surface area (Å²) in [4.78, 5) is 4.06. The molecule has 0 radical (unpaired) electrons. The smallest absolute Gasteiger partial charge is 0.125 e. The van der Waals surface area contributed by atoms with Crippen LogP contribution in [-0.2, 0) is 0 Å². The third-order valence-corrected chi connectivity index (χ3v) is 3.73. The van der Waals surface area contributed by atoms with Crippen LogP contribution in [0.5, 0.6) is 0 Å². The molecular weight excluding hydrogens is 298 g/mol. The Balaban J connectivity index is 2.12. The molecule has 0 bridgehead atoms. The van der Waals surface area contributed by atoms with E-state index in [2.05, 4.69) is 16.4 Å². The van der Waals surface area contributed by atoms with Crippen molar-refractivity contribution in [1.29, 1.82) is 5.26 Å². The van der Waals surface area contributed by atoms with Gasteiger partial charge >= 0.3 is 0 Å². The molecule has 1 aliphatic heterocycles. The number of aromatic nitrogens is 1. The number of hydrogen-bond donors (Lipinski definition) is 2. The first kappa shape index (κ1) is 14.2. The summed E-state index contributed by atoms with van der Waals surface area (Å²) in [5, 5.41) is 13.2. The van der Waals surface area contributed by atoms with Crippen molar-refractivity contribution in [2.45, 2.75) is 6.92 Å². The third kappa shape index (κ3) is 2.57. The first-order chi connectivity index (χ1) is 10.6. The summed E-state index contributed by atoms with van der Waals surface area (Å²) in [6, 6.07) is 9.64. The Morgan fingerprint density at radius 2 is 2.23 bits per heavy atom. The van der Waals surface area contributed by atoms with Gasteiger partial charge in [-0.2, -0.15) is 5.26 Å². The molecule has 110 valence electrons. The first-order valence-electron chi connectivity index (χ1n) is 6.73. The van der Waals surface area contributed by atoms with Crippen LogP contribution in [0.15, 0.2) is 41.5 Å². The van der Waals surface area contributed by atoms with Gasteiger partial charge < -0.3 is 15.6 Å². The lowest BCUT2D eigenvalue weighted by Gasteiger charge is -2.12. The van der Waals surface area contributed by atoms with E-state index in [0.717, 1.165) is 22.5 Å². The van der Waals surface area contributed by atoms with Crippen LogP contribution in [0, 0.1) is 18.3 Å². The zero-order valence-electron chi connectivity index (χ0n) is 12.0. The maximum atomic E-state index is 9.41. The maximum absolute atomic E-state index is 9.41. The summed E-state index contributed by atoms with van der Waals surface area (Å²) >= 11 is 6.08. The van der Waals surface area contributed by atoms with Crippen molar-refractivity contribution in [2.24, 2.45) is 10.7 Å². The number of nitrogens with zero attached hydrogens (tertiary/aromatic N) is 3. The Morgan fingerprint density at radius 3 is 2.95 bits per heavy atom. The Kier molecular flexibility index (Phi) is 3.61. The van der Waals surface area contributed by atoms with E-state index in [0.29, 0.717) is 23.2 Å². The second-order valence-corrected chi connectivity index (χ2v) is 5.44. The third-order valence-electron chi connectivity index (χ3n) is 3.50. The van der Waals surface area contributed by atoms with E-state index in [9.17, 15) is 5.26 Å². The predicted molar refractivity (Wildman–Crippen MR) is 87.8 cm³/mol. The highest BCUT2D eigenvalue weighted by atomic mass is 35.5. The number of hydrogen-bond acceptors (Lipinski definition) is 4. The normalized spacial score (nSPS) is 13.9. The number of benzene rings is 1. The van der Waals surface area contributed by atoms with Gasteiger partial charge in [0.25, 0.3) is 0 Å². The number of halogens is 1. The highest BCUT2D eigenvalue weighted by molar-refractivity contribution is 6.30. The number of nitrogens with one attached hydrogen (secondary N) is 1. The molecular formula is C16H14ClN5. The van der Waals surface area contributed by atoms with Gasteiger partial charge in [0.2, 0.25) is 0 Å². The van der Waals surface area contributed by atoms with Gasteiger partial charge in [-0.15, -0.1) is 0 Å². The van der Waals surface area contributed by atoms with Crippen LogP contribution >= 0.6 is 11.6 Å². The van der Waals surface area contributed by atoms with Crippen molar-refractivity contribution >= 4 is 23.1 Å². The maximum Gasteiger partial charge on any atom is 0.125 e. The van der Waals surface area contributed by atoms with E-state index < -0.39 is 0 Å². The molecule has 0 amide bonds. The molecule has 1 aliphatic rings. The van der Waals surface area contributed by atoms with Gasteiger partial charge in [-0.05, 0) is 30.7 Å². The standard InChI is InChI=1S/C16H14ClN5/c1-10-2-3-12(17)5-15(10)22-8-11(4-13(22)7-18)14-6-16(19)21-9-20-14/h2-6,8,20H,9H2,1H3,(H2,19,21). The molecule has 5 nitrogen and oxygen atoms in total. The highest BCUT2D eigenvalue weighted by Gasteiger charge is 2.14. The predicted octanol–water partition coefficient (Wildman–Crippen LogP) is 2.57. The van der Waals surface area contributed by atoms with Crippen LogP contribution in [0.1, 0.15) is 16.8 Å². The van der Waals surface area contributed by atoms with E-state index in [-0.39, 0.29) is 0 Å². The lowest BCUT2D eigenvalue weighted by atomic mass is 10.2. The fourth-order valence-electron chi connectivity index (χ4n) is 2.38. The SMILES string of the molecule is Cc1ccc(Cl)cc1-n1cc(C2=CC(N)=NCN2)cc1C#N. The van der Waals surface area contributed by atoms with E-state index in [4.69, 9.17) is 17.3 Å². The van der Waals surface area contributed by atoms with Crippen molar-refractivity contribution in [1.82, 2.24) is 9.88 Å². The summed E-state index contributed by atoms with van der Waals surface area (Å²) in [6.07, 6.45) is 3.66. The molecule has 0 saturated heterocycles. The molecule has 0 unspecified atom stereocenters. The molecule has 3 rings (SSSR count). The molecule has 1 aromatic heterocycles. The van der Waals surface area contributed by atoms with Crippen molar-refractivity contribution in [3.05, 3.63) is 58.4 Å².